The second-order valence-electron chi connectivity index (χ2n) is 4.91. The van der Waals surface area contributed by atoms with Gasteiger partial charge in [-0.1, -0.05) is 6.07 Å². The van der Waals surface area contributed by atoms with E-state index in [9.17, 15) is 0 Å². The molecule has 1 aromatic rings. The molecule has 0 radical (unpaired) electrons. The maximum atomic E-state index is 9.02. The fourth-order valence-electron chi connectivity index (χ4n) is 2.17. The molecule has 0 aliphatic heterocycles. The van der Waals surface area contributed by atoms with Crippen LogP contribution in [0.5, 0.6) is 5.75 Å². The molecule has 116 valence electrons. The maximum absolute atomic E-state index is 9.02. The molecule has 5 nitrogen and oxygen atoms in total. The van der Waals surface area contributed by atoms with Gasteiger partial charge in [-0.2, -0.15) is 5.26 Å². The van der Waals surface area contributed by atoms with Crippen LogP contribution in [0, 0.1) is 11.3 Å². The normalized spacial score (nSPS) is 12.2. The summed E-state index contributed by atoms with van der Waals surface area (Å²) in [6, 6.07) is 8.08. The second-order valence-corrected chi connectivity index (χ2v) is 4.91. The molecule has 21 heavy (non-hydrogen) atoms. The van der Waals surface area contributed by atoms with E-state index in [0.717, 1.165) is 18.7 Å². The lowest BCUT2D eigenvalue weighted by Crippen LogP contribution is -2.38. The topological polar surface area (TPSA) is 54.7 Å². The van der Waals surface area contributed by atoms with E-state index in [1.807, 2.05) is 12.1 Å². The van der Waals surface area contributed by atoms with Crippen molar-refractivity contribution in [2.45, 2.75) is 19.5 Å². The molecule has 1 aromatic carbocycles. The molecular weight excluding hydrogens is 268 g/mol. The molecule has 0 aliphatic carbocycles. The predicted molar refractivity (Wildman–Crippen MR) is 81.3 cm³/mol. The van der Waals surface area contributed by atoms with Crippen molar-refractivity contribution in [2.24, 2.45) is 0 Å². The number of nitrogens with zero attached hydrogens (tertiary/aromatic N) is 2. The summed E-state index contributed by atoms with van der Waals surface area (Å²) in [6.07, 6.45) is 0. The zero-order valence-electron chi connectivity index (χ0n) is 13.3. The van der Waals surface area contributed by atoms with Crippen molar-refractivity contribution in [3.63, 3.8) is 0 Å². The van der Waals surface area contributed by atoms with Crippen molar-refractivity contribution in [3.05, 3.63) is 29.3 Å². The van der Waals surface area contributed by atoms with Gasteiger partial charge in [0.25, 0.3) is 0 Å². The van der Waals surface area contributed by atoms with Crippen molar-refractivity contribution in [1.29, 1.82) is 5.26 Å². The van der Waals surface area contributed by atoms with Gasteiger partial charge in [0.15, 0.2) is 0 Å². The van der Waals surface area contributed by atoms with Crippen LogP contribution in [-0.4, -0.2) is 52.0 Å². The van der Waals surface area contributed by atoms with Crippen LogP contribution in [0.1, 0.15) is 18.1 Å². The Labute approximate surface area is 127 Å². The summed E-state index contributed by atoms with van der Waals surface area (Å²) >= 11 is 0. The molecule has 0 heterocycles. The highest BCUT2D eigenvalue weighted by molar-refractivity contribution is 5.45. The maximum Gasteiger partial charge on any atom is 0.136 e. The summed E-state index contributed by atoms with van der Waals surface area (Å²) in [6.45, 7) is 5.04. The van der Waals surface area contributed by atoms with E-state index in [0.29, 0.717) is 24.5 Å². The van der Waals surface area contributed by atoms with Gasteiger partial charge < -0.3 is 14.2 Å². The number of rotatable bonds is 9. The van der Waals surface area contributed by atoms with Crippen LogP contribution in [0.4, 0.5) is 0 Å². The van der Waals surface area contributed by atoms with Crippen molar-refractivity contribution in [2.75, 3.05) is 41.1 Å². The van der Waals surface area contributed by atoms with Crippen LogP contribution >= 0.6 is 0 Å². The average Bonchev–Trinajstić information content (AvgIpc) is 2.51. The third-order valence-electron chi connectivity index (χ3n) is 3.39. The molecule has 0 saturated carbocycles. The third-order valence-corrected chi connectivity index (χ3v) is 3.39. The van der Waals surface area contributed by atoms with E-state index in [-0.39, 0.29) is 6.04 Å². The van der Waals surface area contributed by atoms with Gasteiger partial charge in [0.05, 0.1) is 25.9 Å². The first-order chi connectivity index (χ1) is 10.2. The summed E-state index contributed by atoms with van der Waals surface area (Å²) in [5, 5.41) is 9.02. The number of ether oxygens (including phenoxy) is 3. The largest absolute Gasteiger partial charge is 0.495 e. The molecule has 0 aromatic heterocycles. The second kappa shape index (κ2) is 9.35. The summed E-state index contributed by atoms with van der Waals surface area (Å²) in [5.41, 5.74) is 1.65. The highest BCUT2D eigenvalue weighted by atomic mass is 16.5. The molecule has 0 fully saturated rings. The molecule has 0 spiro atoms. The Kier molecular flexibility index (Phi) is 7.76. The smallest absolute Gasteiger partial charge is 0.136 e. The summed E-state index contributed by atoms with van der Waals surface area (Å²) in [7, 11) is 4.98. The van der Waals surface area contributed by atoms with Gasteiger partial charge in [-0.3, -0.25) is 4.90 Å². The van der Waals surface area contributed by atoms with Crippen LogP contribution in [0.3, 0.4) is 0 Å². The van der Waals surface area contributed by atoms with Crippen LogP contribution < -0.4 is 4.74 Å². The van der Waals surface area contributed by atoms with E-state index in [1.165, 1.54) is 0 Å². The van der Waals surface area contributed by atoms with E-state index >= 15 is 0 Å². The van der Waals surface area contributed by atoms with Gasteiger partial charge in [0, 0.05) is 33.4 Å². The Balaban J connectivity index is 2.84. The van der Waals surface area contributed by atoms with Gasteiger partial charge >= 0.3 is 0 Å². The molecule has 0 bridgehead atoms. The minimum atomic E-state index is 0.284. The molecule has 0 N–H and O–H groups in total. The quantitative estimate of drug-likeness (QED) is 0.697. The molecule has 0 saturated heterocycles. The van der Waals surface area contributed by atoms with Crippen LogP contribution in [0.25, 0.3) is 0 Å². The Morgan fingerprint density at radius 2 is 2.00 bits per heavy atom. The van der Waals surface area contributed by atoms with Crippen molar-refractivity contribution in [3.8, 4) is 11.8 Å². The number of benzene rings is 1. The lowest BCUT2D eigenvalue weighted by Gasteiger charge is -2.28. The summed E-state index contributed by atoms with van der Waals surface area (Å²) in [4.78, 5) is 2.29. The predicted octanol–water partition coefficient (Wildman–Crippen LogP) is 2.05. The monoisotopic (exact) mass is 292 g/mol. The number of hydrogen-bond acceptors (Lipinski definition) is 5. The minimum absolute atomic E-state index is 0.284. The summed E-state index contributed by atoms with van der Waals surface area (Å²) in [5.74, 6) is 0.612. The lowest BCUT2D eigenvalue weighted by molar-refractivity contribution is 0.0705. The minimum Gasteiger partial charge on any atom is -0.495 e. The molecule has 1 unspecified atom stereocenters. The van der Waals surface area contributed by atoms with E-state index in [1.54, 1.807) is 27.4 Å². The Morgan fingerprint density at radius 1 is 1.24 bits per heavy atom. The number of methoxy groups -OCH3 is 3. The van der Waals surface area contributed by atoms with E-state index in [4.69, 9.17) is 19.5 Å². The zero-order valence-corrected chi connectivity index (χ0v) is 13.3. The van der Waals surface area contributed by atoms with E-state index in [2.05, 4.69) is 17.9 Å². The first-order valence-corrected chi connectivity index (χ1v) is 6.95. The van der Waals surface area contributed by atoms with Crippen molar-refractivity contribution in [1.82, 2.24) is 4.90 Å². The molecule has 0 amide bonds. The molecular formula is C16H24N2O3. The molecule has 1 rings (SSSR count). The molecule has 5 heteroatoms. The van der Waals surface area contributed by atoms with Crippen LogP contribution in [0.15, 0.2) is 18.2 Å². The summed E-state index contributed by atoms with van der Waals surface area (Å²) < 4.78 is 15.7. The number of nitriles is 1. The third kappa shape index (κ3) is 5.35. The van der Waals surface area contributed by atoms with Gasteiger partial charge in [-0.05, 0) is 24.6 Å². The fraction of sp³-hybridized carbons (Fsp3) is 0.562. The fourth-order valence-corrected chi connectivity index (χ4v) is 2.17. The molecule has 1 atom stereocenters. The zero-order chi connectivity index (χ0) is 15.7. The first kappa shape index (κ1) is 17.4. The Bertz CT molecular complexity index is 471. The highest BCUT2D eigenvalue weighted by Gasteiger charge is 2.15. The van der Waals surface area contributed by atoms with Gasteiger partial charge in [-0.15, -0.1) is 0 Å². The average molecular weight is 292 g/mol. The lowest BCUT2D eigenvalue weighted by atomic mass is 10.1. The van der Waals surface area contributed by atoms with E-state index < -0.39 is 0 Å². The van der Waals surface area contributed by atoms with Crippen LogP contribution in [0.2, 0.25) is 0 Å². The number of hydrogen-bond donors (Lipinski definition) is 0. The Morgan fingerprint density at radius 3 is 2.57 bits per heavy atom. The highest BCUT2D eigenvalue weighted by Crippen LogP contribution is 2.20. The van der Waals surface area contributed by atoms with Gasteiger partial charge in [0.2, 0.25) is 0 Å². The SMILES string of the molecule is COCCN(Cc1ccc(C#N)c(OC)c1)C(C)COC. The molecule has 0 aliphatic rings. The first-order valence-electron chi connectivity index (χ1n) is 6.95. The van der Waals surface area contributed by atoms with Crippen molar-refractivity contribution < 1.29 is 14.2 Å². The van der Waals surface area contributed by atoms with Crippen molar-refractivity contribution >= 4 is 0 Å². The van der Waals surface area contributed by atoms with Gasteiger partial charge in [0.1, 0.15) is 11.8 Å². The van der Waals surface area contributed by atoms with Gasteiger partial charge in [-0.25, -0.2) is 0 Å². The Hall–Kier alpha value is -1.61. The van der Waals surface area contributed by atoms with Crippen LogP contribution in [-0.2, 0) is 16.0 Å². The standard InChI is InChI=1S/C16H24N2O3/c1-13(12-20-3)18(7-8-19-2)11-14-5-6-15(10-17)16(9-14)21-4/h5-6,9,13H,7-8,11-12H2,1-4H3.